The maximum absolute atomic E-state index is 12.7. The van der Waals surface area contributed by atoms with E-state index in [1.54, 1.807) is 6.07 Å². The number of carbonyl (C=O) groups is 1. The van der Waals surface area contributed by atoms with Gasteiger partial charge in [-0.05, 0) is 30.0 Å². The summed E-state index contributed by atoms with van der Waals surface area (Å²) in [7, 11) is 1.44. The molecule has 0 aromatic heterocycles. The van der Waals surface area contributed by atoms with E-state index in [0.717, 1.165) is 5.56 Å². The molecule has 1 N–H and O–H groups in total. The molecule has 0 unspecified atom stereocenters. The van der Waals surface area contributed by atoms with Crippen molar-refractivity contribution in [1.29, 1.82) is 0 Å². The standard InChI is InChI=1S/C19H21ClN2O4S/c1-19(2,12-6-5-7-13(20)8-12)11-21-18(23)14-9-17(27-4)16(26-3)10-15(14)22(24)25/h5-10H,11H2,1-4H3,(H,21,23). The predicted octanol–water partition coefficient (Wildman–Crippen LogP) is 4.69. The number of hydrogen-bond acceptors (Lipinski definition) is 5. The molecule has 0 saturated carbocycles. The molecule has 0 aliphatic rings. The molecule has 2 aromatic carbocycles. The molecular formula is C19H21ClN2O4S. The van der Waals surface area contributed by atoms with E-state index in [-0.39, 0.29) is 11.3 Å². The van der Waals surface area contributed by atoms with Crippen molar-refractivity contribution in [2.45, 2.75) is 24.2 Å². The van der Waals surface area contributed by atoms with E-state index in [4.69, 9.17) is 16.3 Å². The van der Waals surface area contributed by atoms with Crippen LogP contribution >= 0.6 is 23.4 Å². The van der Waals surface area contributed by atoms with Gasteiger partial charge in [-0.2, -0.15) is 0 Å². The van der Waals surface area contributed by atoms with Crippen LogP contribution < -0.4 is 10.1 Å². The zero-order chi connectivity index (χ0) is 20.2. The van der Waals surface area contributed by atoms with Crippen LogP contribution in [0, 0.1) is 10.1 Å². The number of nitro groups is 1. The quantitative estimate of drug-likeness (QED) is 0.408. The summed E-state index contributed by atoms with van der Waals surface area (Å²) in [6, 6.07) is 10.2. The molecule has 0 aliphatic carbocycles. The highest BCUT2D eigenvalue weighted by Gasteiger charge is 2.26. The monoisotopic (exact) mass is 408 g/mol. The second kappa shape index (κ2) is 8.63. The highest BCUT2D eigenvalue weighted by molar-refractivity contribution is 7.98. The van der Waals surface area contributed by atoms with Crippen LogP contribution in [0.25, 0.3) is 0 Å². The van der Waals surface area contributed by atoms with Crippen LogP contribution in [0.1, 0.15) is 29.8 Å². The molecule has 6 nitrogen and oxygen atoms in total. The van der Waals surface area contributed by atoms with Gasteiger partial charge in [0.15, 0.2) is 0 Å². The van der Waals surface area contributed by atoms with Gasteiger partial charge in [0.2, 0.25) is 0 Å². The number of nitro benzene ring substituents is 1. The van der Waals surface area contributed by atoms with Crippen LogP contribution in [-0.4, -0.2) is 30.7 Å². The van der Waals surface area contributed by atoms with Crippen molar-refractivity contribution in [3.8, 4) is 5.75 Å². The Hall–Kier alpha value is -2.25. The number of carbonyl (C=O) groups excluding carboxylic acids is 1. The van der Waals surface area contributed by atoms with Crippen LogP contribution in [0.5, 0.6) is 5.75 Å². The third-order valence-electron chi connectivity index (χ3n) is 4.24. The molecule has 2 rings (SSSR count). The van der Waals surface area contributed by atoms with Gasteiger partial charge in [0.25, 0.3) is 11.6 Å². The third kappa shape index (κ3) is 4.93. The highest BCUT2D eigenvalue weighted by Crippen LogP contribution is 2.34. The van der Waals surface area contributed by atoms with Gasteiger partial charge in [0.05, 0.1) is 23.0 Å². The van der Waals surface area contributed by atoms with Crippen molar-refractivity contribution in [2.24, 2.45) is 0 Å². The minimum atomic E-state index is -0.580. The van der Waals surface area contributed by atoms with Crippen LogP contribution in [-0.2, 0) is 5.41 Å². The minimum Gasteiger partial charge on any atom is -0.495 e. The van der Waals surface area contributed by atoms with E-state index < -0.39 is 16.2 Å². The number of nitrogens with zero attached hydrogens (tertiary/aromatic N) is 1. The fourth-order valence-corrected chi connectivity index (χ4v) is 3.38. The molecule has 0 aliphatic heterocycles. The van der Waals surface area contributed by atoms with Crippen LogP contribution in [0.2, 0.25) is 5.02 Å². The Balaban J connectivity index is 2.28. The Bertz CT molecular complexity index is 871. The maximum Gasteiger partial charge on any atom is 0.285 e. The summed E-state index contributed by atoms with van der Waals surface area (Å²) >= 11 is 7.40. The van der Waals surface area contributed by atoms with Gasteiger partial charge < -0.3 is 10.1 Å². The molecule has 0 bridgehead atoms. The van der Waals surface area contributed by atoms with Gasteiger partial charge in [-0.15, -0.1) is 11.8 Å². The van der Waals surface area contributed by atoms with Crippen LogP contribution in [0.15, 0.2) is 41.3 Å². The van der Waals surface area contributed by atoms with Crippen molar-refractivity contribution in [3.05, 3.63) is 62.7 Å². The SMILES string of the molecule is COc1cc([N+](=O)[O-])c(C(=O)NCC(C)(C)c2cccc(Cl)c2)cc1SC. The first kappa shape index (κ1) is 21.1. The number of rotatable bonds is 7. The Labute approximate surface area is 167 Å². The van der Waals surface area contributed by atoms with E-state index in [2.05, 4.69) is 5.32 Å². The fourth-order valence-electron chi connectivity index (χ4n) is 2.61. The van der Waals surface area contributed by atoms with Crippen LogP contribution in [0.4, 0.5) is 5.69 Å². The first-order valence-corrected chi connectivity index (χ1v) is 9.74. The normalized spacial score (nSPS) is 11.1. The summed E-state index contributed by atoms with van der Waals surface area (Å²) in [5, 5.41) is 14.8. The molecule has 1 amide bonds. The largest absolute Gasteiger partial charge is 0.495 e. The molecule has 8 heteroatoms. The van der Waals surface area contributed by atoms with E-state index in [9.17, 15) is 14.9 Å². The maximum atomic E-state index is 12.7. The second-order valence-corrected chi connectivity index (χ2v) is 7.84. The lowest BCUT2D eigenvalue weighted by Gasteiger charge is -2.26. The number of amides is 1. The zero-order valence-electron chi connectivity index (χ0n) is 15.5. The number of ether oxygens (including phenoxy) is 1. The molecule has 0 heterocycles. The number of halogens is 1. The molecule has 0 spiro atoms. The minimum absolute atomic E-state index is 0.00652. The predicted molar refractivity (Wildman–Crippen MR) is 108 cm³/mol. The molecule has 0 atom stereocenters. The van der Waals surface area contributed by atoms with Gasteiger partial charge in [-0.3, -0.25) is 14.9 Å². The van der Waals surface area contributed by atoms with Gasteiger partial charge in [-0.25, -0.2) is 0 Å². The molecule has 2 aromatic rings. The lowest BCUT2D eigenvalue weighted by atomic mass is 9.84. The Morgan fingerprint density at radius 3 is 2.59 bits per heavy atom. The lowest BCUT2D eigenvalue weighted by Crippen LogP contribution is -2.37. The summed E-state index contributed by atoms with van der Waals surface area (Å²) in [6.07, 6.45) is 1.81. The van der Waals surface area contributed by atoms with Gasteiger partial charge in [0.1, 0.15) is 11.3 Å². The zero-order valence-corrected chi connectivity index (χ0v) is 17.1. The van der Waals surface area contributed by atoms with Crippen molar-refractivity contribution in [1.82, 2.24) is 5.32 Å². The van der Waals surface area contributed by atoms with Gasteiger partial charge in [0, 0.05) is 17.0 Å². The van der Waals surface area contributed by atoms with E-state index in [1.165, 1.54) is 31.0 Å². The highest BCUT2D eigenvalue weighted by atomic mass is 35.5. The molecule has 144 valence electrons. The number of benzene rings is 2. The molecule has 0 fully saturated rings. The van der Waals surface area contributed by atoms with Crippen LogP contribution in [0.3, 0.4) is 0 Å². The van der Waals surface area contributed by atoms with Gasteiger partial charge in [-0.1, -0.05) is 37.6 Å². The topological polar surface area (TPSA) is 81.5 Å². The van der Waals surface area contributed by atoms with Crippen molar-refractivity contribution < 1.29 is 14.5 Å². The third-order valence-corrected chi connectivity index (χ3v) is 5.23. The first-order valence-electron chi connectivity index (χ1n) is 8.14. The number of hydrogen-bond donors (Lipinski definition) is 1. The molecule has 0 radical (unpaired) electrons. The first-order chi connectivity index (χ1) is 12.7. The van der Waals surface area contributed by atoms with Gasteiger partial charge >= 0.3 is 0 Å². The summed E-state index contributed by atoms with van der Waals surface area (Å²) in [5.74, 6) is -0.139. The molecule has 27 heavy (non-hydrogen) atoms. The van der Waals surface area contributed by atoms with E-state index in [1.807, 2.05) is 38.3 Å². The smallest absolute Gasteiger partial charge is 0.285 e. The van der Waals surface area contributed by atoms with Crippen molar-refractivity contribution >= 4 is 35.0 Å². The average Bonchev–Trinajstić information content (AvgIpc) is 2.64. The van der Waals surface area contributed by atoms with E-state index in [0.29, 0.717) is 22.2 Å². The summed E-state index contributed by atoms with van der Waals surface area (Å²) in [5.41, 5.74) is 0.281. The summed E-state index contributed by atoms with van der Waals surface area (Å²) < 4.78 is 5.18. The Kier molecular flexibility index (Phi) is 6.73. The average molecular weight is 409 g/mol. The summed E-state index contributed by atoms with van der Waals surface area (Å²) in [6.45, 7) is 4.23. The Morgan fingerprint density at radius 2 is 2.04 bits per heavy atom. The van der Waals surface area contributed by atoms with E-state index >= 15 is 0 Å². The number of methoxy groups -OCH3 is 1. The Morgan fingerprint density at radius 1 is 1.33 bits per heavy atom. The molecular weight excluding hydrogens is 388 g/mol. The molecule has 0 saturated heterocycles. The second-order valence-electron chi connectivity index (χ2n) is 6.56. The number of thioether (sulfide) groups is 1. The van der Waals surface area contributed by atoms with Crippen molar-refractivity contribution in [3.63, 3.8) is 0 Å². The number of nitrogens with one attached hydrogen (secondary N) is 1. The fraction of sp³-hybridized carbons (Fsp3) is 0.316. The lowest BCUT2D eigenvalue weighted by molar-refractivity contribution is -0.385. The summed E-state index contributed by atoms with van der Waals surface area (Å²) in [4.78, 5) is 24.2. The van der Waals surface area contributed by atoms with Crippen molar-refractivity contribution in [2.75, 3.05) is 19.9 Å².